The van der Waals surface area contributed by atoms with Gasteiger partial charge >= 0.3 is 6.03 Å². The summed E-state index contributed by atoms with van der Waals surface area (Å²) < 4.78 is 5.66. The van der Waals surface area contributed by atoms with E-state index in [-0.39, 0.29) is 12.1 Å². The number of carbonyl (C=O) groups excluding carboxylic acids is 1. The lowest BCUT2D eigenvalue weighted by Crippen LogP contribution is -2.75. The molecule has 2 saturated heterocycles. The molecule has 2 aliphatic heterocycles. The Balaban J connectivity index is 1.65. The quantitative estimate of drug-likeness (QED) is 0.648. The number of aliphatic hydroxyl groups is 1. The second-order valence-corrected chi connectivity index (χ2v) is 11.6. The molecule has 1 spiro atoms. The van der Waals surface area contributed by atoms with Gasteiger partial charge in [-0.05, 0) is 94.6 Å². The van der Waals surface area contributed by atoms with E-state index in [0.717, 1.165) is 56.6 Å². The molecule has 2 bridgehead atoms. The van der Waals surface area contributed by atoms with Gasteiger partial charge in [-0.1, -0.05) is 26.5 Å². The summed E-state index contributed by atoms with van der Waals surface area (Å²) >= 11 is 0. The number of urea groups is 1. The summed E-state index contributed by atoms with van der Waals surface area (Å²) in [5.74, 6) is 1.47. The molecule has 4 atom stereocenters. The third-order valence-electron chi connectivity index (χ3n) is 9.87. The molecule has 6 heteroatoms. The third kappa shape index (κ3) is 3.25. The predicted octanol–water partition coefficient (Wildman–Crippen LogP) is 4.55. The van der Waals surface area contributed by atoms with Crippen LogP contribution in [0.2, 0.25) is 0 Å². The lowest BCUT2D eigenvalue weighted by Gasteiger charge is -2.67. The lowest BCUT2D eigenvalue weighted by atomic mass is 9.46. The van der Waals surface area contributed by atoms with Gasteiger partial charge in [0.25, 0.3) is 0 Å². The van der Waals surface area contributed by atoms with Gasteiger partial charge in [0.05, 0.1) is 18.2 Å². The van der Waals surface area contributed by atoms with Crippen molar-refractivity contribution in [3.63, 3.8) is 0 Å². The fourth-order valence-corrected chi connectivity index (χ4v) is 8.02. The first kappa shape index (κ1) is 24.6. The molecule has 3 fully saturated rings. The number of methoxy groups -OCH3 is 1. The standard InChI is InChI=1S/C29H43N3O3/c1-7-31-21(5)28(32(8-2)26(31)33)12-13-29(34)25-17-22-9-10-23(35-6)18-24(22)27(29,19-28)14-16-30(25)15-11-20(3)4/h9-10,18,20,25,34H,5,7-8,11-17,19H2,1-4,6H3/t25-,27-,28+,29-/m1/s1. The zero-order chi connectivity index (χ0) is 25.2. The van der Waals surface area contributed by atoms with Crippen LogP contribution in [-0.4, -0.2) is 76.3 Å². The van der Waals surface area contributed by atoms with Gasteiger partial charge in [0.2, 0.25) is 0 Å². The van der Waals surface area contributed by atoms with Crippen LogP contribution in [0.1, 0.15) is 70.9 Å². The number of fused-ring (bicyclic) bond motifs is 1. The molecular formula is C29H43N3O3. The highest BCUT2D eigenvalue weighted by molar-refractivity contribution is 5.82. The highest BCUT2D eigenvalue weighted by Crippen LogP contribution is 2.63. The molecule has 2 amide bonds. The first-order chi connectivity index (χ1) is 16.7. The summed E-state index contributed by atoms with van der Waals surface area (Å²) in [6.07, 6.45) is 5.03. The fourth-order valence-electron chi connectivity index (χ4n) is 8.02. The van der Waals surface area contributed by atoms with Crippen LogP contribution in [0, 0.1) is 5.92 Å². The van der Waals surface area contributed by atoms with Gasteiger partial charge < -0.3 is 14.7 Å². The average molecular weight is 482 g/mol. The highest BCUT2D eigenvalue weighted by atomic mass is 16.5. The van der Waals surface area contributed by atoms with Crippen LogP contribution in [0.4, 0.5) is 4.79 Å². The lowest BCUT2D eigenvalue weighted by molar-refractivity contribution is -0.182. The second kappa shape index (κ2) is 8.52. The minimum absolute atomic E-state index is 0.0643. The number of likely N-dealkylation sites (tertiary alicyclic amines) is 1. The van der Waals surface area contributed by atoms with E-state index in [0.29, 0.717) is 25.4 Å². The largest absolute Gasteiger partial charge is 0.497 e. The second-order valence-electron chi connectivity index (χ2n) is 11.6. The maximum Gasteiger partial charge on any atom is 0.325 e. The van der Waals surface area contributed by atoms with Crippen molar-refractivity contribution in [2.24, 2.45) is 5.92 Å². The number of hydrogen-bond acceptors (Lipinski definition) is 4. The smallest absolute Gasteiger partial charge is 0.325 e. The van der Waals surface area contributed by atoms with Crippen LogP contribution >= 0.6 is 0 Å². The van der Waals surface area contributed by atoms with Crippen LogP contribution in [0.25, 0.3) is 0 Å². The van der Waals surface area contributed by atoms with Gasteiger partial charge in [-0.25, -0.2) is 4.79 Å². The van der Waals surface area contributed by atoms with Crippen LogP contribution in [0.5, 0.6) is 5.75 Å². The minimum Gasteiger partial charge on any atom is -0.497 e. The average Bonchev–Trinajstić information content (AvgIpc) is 3.03. The molecule has 0 unspecified atom stereocenters. The Hall–Kier alpha value is -2.05. The molecule has 192 valence electrons. The van der Waals surface area contributed by atoms with Crippen molar-refractivity contribution in [1.82, 2.24) is 14.7 Å². The summed E-state index contributed by atoms with van der Waals surface area (Å²) in [7, 11) is 1.71. The summed E-state index contributed by atoms with van der Waals surface area (Å²) in [4.78, 5) is 19.9. The summed E-state index contributed by atoms with van der Waals surface area (Å²) in [5, 5.41) is 12.8. The first-order valence-corrected chi connectivity index (χ1v) is 13.6. The van der Waals surface area contributed by atoms with Crippen LogP contribution in [0.15, 0.2) is 30.5 Å². The summed E-state index contributed by atoms with van der Waals surface area (Å²) in [5.41, 5.74) is 1.73. The Bertz CT molecular complexity index is 1020. The molecule has 6 nitrogen and oxygen atoms in total. The molecule has 4 aliphatic rings. The Labute approximate surface area is 210 Å². The maximum atomic E-state index is 13.4. The topological polar surface area (TPSA) is 56.3 Å². The zero-order valence-corrected chi connectivity index (χ0v) is 22.3. The van der Waals surface area contributed by atoms with Gasteiger partial charge in [-0.2, -0.15) is 0 Å². The number of piperidine rings is 1. The SMILES string of the molecule is C=C1N(CC)C(=O)N(CC)[C@]12CC[C@@]1(O)[C@H]3Cc4ccc(OC)cc4[C@@]1(CCN3CCC(C)C)C2. The molecule has 1 aromatic carbocycles. The molecule has 1 aromatic rings. The number of carbonyl (C=O) groups is 1. The van der Waals surface area contributed by atoms with E-state index in [4.69, 9.17) is 4.74 Å². The van der Waals surface area contributed by atoms with E-state index in [1.54, 1.807) is 7.11 Å². The van der Waals surface area contributed by atoms with Crippen molar-refractivity contribution in [3.8, 4) is 5.75 Å². The Morgan fingerprint density at radius 1 is 1.20 bits per heavy atom. The Morgan fingerprint density at radius 3 is 2.63 bits per heavy atom. The predicted molar refractivity (Wildman–Crippen MR) is 139 cm³/mol. The number of hydrogen-bond donors (Lipinski definition) is 1. The van der Waals surface area contributed by atoms with Crippen LogP contribution < -0.4 is 4.74 Å². The van der Waals surface area contributed by atoms with E-state index >= 15 is 0 Å². The van der Waals surface area contributed by atoms with Gasteiger partial charge in [0.15, 0.2) is 0 Å². The minimum atomic E-state index is -0.838. The molecule has 2 heterocycles. The molecule has 2 aliphatic carbocycles. The van der Waals surface area contributed by atoms with Crippen molar-refractivity contribution in [2.45, 2.75) is 88.8 Å². The third-order valence-corrected chi connectivity index (χ3v) is 9.87. The van der Waals surface area contributed by atoms with E-state index < -0.39 is 16.6 Å². The molecule has 5 rings (SSSR count). The molecule has 35 heavy (non-hydrogen) atoms. The fraction of sp³-hybridized carbons (Fsp3) is 0.690. The number of likely N-dealkylation sites (N-methyl/N-ethyl adjacent to an activating group) is 2. The molecule has 1 saturated carbocycles. The van der Waals surface area contributed by atoms with E-state index in [9.17, 15) is 9.90 Å². The van der Waals surface area contributed by atoms with Crippen LogP contribution in [-0.2, 0) is 11.8 Å². The first-order valence-electron chi connectivity index (χ1n) is 13.6. The van der Waals surface area contributed by atoms with Crippen molar-refractivity contribution in [3.05, 3.63) is 41.6 Å². The number of ether oxygens (including phenoxy) is 1. The maximum absolute atomic E-state index is 13.4. The number of rotatable bonds is 6. The van der Waals surface area contributed by atoms with Crippen molar-refractivity contribution in [2.75, 3.05) is 33.3 Å². The summed E-state index contributed by atoms with van der Waals surface area (Å²) in [6, 6.07) is 6.60. The van der Waals surface area contributed by atoms with Crippen molar-refractivity contribution >= 4 is 6.03 Å². The molecule has 0 aromatic heterocycles. The highest BCUT2D eigenvalue weighted by Gasteiger charge is 2.70. The van der Waals surface area contributed by atoms with E-state index in [1.807, 2.05) is 16.7 Å². The van der Waals surface area contributed by atoms with Gasteiger partial charge in [-0.3, -0.25) is 9.80 Å². The van der Waals surface area contributed by atoms with Crippen molar-refractivity contribution in [1.29, 1.82) is 0 Å². The Morgan fingerprint density at radius 2 is 1.97 bits per heavy atom. The normalized spacial score (nSPS) is 34.5. The molecule has 0 radical (unpaired) electrons. The Kier molecular flexibility index (Phi) is 5.99. The number of amides is 2. The van der Waals surface area contributed by atoms with E-state index in [2.05, 4.69) is 50.4 Å². The van der Waals surface area contributed by atoms with Gasteiger partial charge in [0, 0.05) is 30.2 Å². The monoisotopic (exact) mass is 481 g/mol. The molecule has 1 N–H and O–H groups in total. The molecular weight excluding hydrogens is 438 g/mol. The summed E-state index contributed by atoms with van der Waals surface area (Å²) in [6.45, 7) is 16.4. The van der Waals surface area contributed by atoms with Gasteiger partial charge in [0.1, 0.15) is 5.75 Å². The number of benzene rings is 1. The van der Waals surface area contributed by atoms with Crippen molar-refractivity contribution < 1.29 is 14.6 Å². The van der Waals surface area contributed by atoms with Gasteiger partial charge in [-0.15, -0.1) is 0 Å². The van der Waals surface area contributed by atoms with E-state index in [1.165, 1.54) is 11.1 Å². The van der Waals surface area contributed by atoms with Crippen LogP contribution in [0.3, 0.4) is 0 Å². The zero-order valence-electron chi connectivity index (χ0n) is 22.3. The number of nitrogens with zero attached hydrogens (tertiary/aromatic N) is 3.